The molecule has 0 spiro atoms. The lowest BCUT2D eigenvalue weighted by molar-refractivity contribution is -0.00695. The number of fused-ring (bicyclic) bond motifs is 1. The Morgan fingerprint density at radius 2 is 1.94 bits per heavy atom. The summed E-state index contributed by atoms with van der Waals surface area (Å²) in [6.07, 6.45) is 3.28. The van der Waals surface area contributed by atoms with Gasteiger partial charge in [-0.05, 0) is 17.2 Å². The first-order chi connectivity index (χ1) is 8.47. The molecule has 0 amide bonds. The topological polar surface area (TPSA) is 29.5 Å². The van der Waals surface area contributed by atoms with Gasteiger partial charge in [0.1, 0.15) is 12.2 Å². The van der Waals surface area contributed by atoms with E-state index in [2.05, 4.69) is 19.6 Å². The molecule has 0 bridgehead atoms. The lowest BCUT2D eigenvalue weighted by Crippen LogP contribution is -2.27. The Hall–Kier alpha value is -0.903. The number of ether oxygens (including phenoxy) is 1. The number of aliphatic hydroxyl groups excluding tert-OH is 1. The van der Waals surface area contributed by atoms with E-state index in [1.807, 2.05) is 36.4 Å². The number of rotatable bonds is 4. The average Bonchev–Trinajstić information content (AvgIpc) is 2.31. The van der Waals surface area contributed by atoms with Crippen LogP contribution in [0.5, 0.6) is 0 Å². The van der Waals surface area contributed by atoms with Crippen molar-refractivity contribution in [3.05, 3.63) is 41.5 Å². The Morgan fingerprint density at radius 3 is 2.67 bits per heavy atom. The van der Waals surface area contributed by atoms with Crippen LogP contribution in [0.25, 0.3) is 6.08 Å². The van der Waals surface area contributed by atoms with Crippen LogP contribution in [0.15, 0.2) is 30.3 Å². The van der Waals surface area contributed by atoms with Crippen LogP contribution in [-0.4, -0.2) is 25.9 Å². The molecule has 18 heavy (non-hydrogen) atoms. The second-order valence-electron chi connectivity index (χ2n) is 6.08. The molecule has 2 atom stereocenters. The molecule has 1 unspecified atom stereocenters. The zero-order valence-electron chi connectivity index (χ0n) is 11.4. The predicted molar refractivity (Wildman–Crippen MR) is 78.3 cm³/mol. The van der Waals surface area contributed by atoms with E-state index in [0.29, 0.717) is 0 Å². The molecule has 3 heteroatoms. The van der Waals surface area contributed by atoms with Gasteiger partial charge >= 0.3 is 0 Å². The van der Waals surface area contributed by atoms with Gasteiger partial charge in [0.2, 0.25) is 0 Å². The quantitative estimate of drug-likeness (QED) is 0.842. The van der Waals surface area contributed by atoms with E-state index >= 15 is 0 Å². The summed E-state index contributed by atoms with van der Waals surface area (Å²) in [5.41, 5.74) is 2.06. The fourth-order valence-corrected chi connectivity index (χ4v) is 2.79. The summed E-state index contributed by atoms with van der Waals surface area (Å²) in [7, 11) is -1.07. The highest BCUT2D eigenvalue weighted by Crippen LogP contribution is 2.29. The van der Waals surface area contributed by atoms with E-state index in [0.717, 1.165) is 23.8 Å². The van der Waals surface area contributed by atoms with Crippen molar-refractivity contribution in [1.29, 1.82) is 0 Å². The maximum atomic E-state index is 10.3. The average molecular weight is 262 g/mol. The molecule has 1 aliphatic carbocycles. The Balaban J connectivity index is 1.97. The van der Waals surface area contributed by atoms with E-state index in [4.69, 9.17) is 4.74 Å². The summed E-state index contributed by atoms with van der Waals surface area (Å²) in [6, 6.07) is 9.07. The summed E-state index contributed by atoms with van der Waals surface area (Å²) in [5, 5.41) is 10.3. The van der Waals surface area contributed by atoms with Gasteiger partial charge in [-0.15, -0.1) is 0 Å². The lowest BCUT2D eigenvalue weighted by Gasteiger charge is -2.27. The van der Waals surface area contributed by atoms with Crippen LogP contribution in [0, 0.1) is 0 Å². The van der Waals surface area contributed by atoms with Crippen LogP contribution in [0.2, 0.25) is 25.7 Å². The van der Waals surface area contributed by atoms with Crippen LogP contribution in [0.1, 0.15) is 17.2 Å². The van der Waals surface area contributed by atoms with Gasteiger partial charge in [0, 0.05) is 14.7 Å². The molecule has 1 aromatic rings. The van der Waals surface area contributed by atoms with Crippen molar-refractivity contribution in [3.8, 4) is 0 Å². The van der Waals surface area contributed by atoms with Gasteiger partial charge in [0.05, 0.1) is 0 Å². The van der Waals surface area contributed by atoms with Gasteiger partial charge in [-0.2, -0.15) is 0 Å². The highest BCUT2D eigenvalue weighted by Gasteiger charge is 2.25. The fourth-order valence-electron chi connectivity index (χ4n) is 2.06. The van der Waals surface area contributed by atoms with Gasteiger partial charge in [0.15, 0.2) is 0 Å². The SMILES string of the molecule is C[Si](C)(C)CCO[C@H]1C=Cc2ccccc2C1O. The first-order valence-corrected chi connectivity index (χ1v) is 10.2. The second kappa shape index (κ2) is 5.39. The monoisotopic (exact) mass is 262 g/mol. The van der Waals surface area contributed by atoms with Gasteiger partial charge in [-0.1, -0.05) is 56.1 Å². The fraction of sp³-hybridized carbons (Fsp3) is 0.467. The molecule has 1 aromatic carbocycles. The van der Waals surface area contributed by atoms with E-state index in [9.17, 15) is 5.11 Å². The maximum Gasteiger partial charge on any atom is 0.109 e. The van der Waals surface area contributed by atoms with Crippen molar-refractivity contribution >= 4 is 14.1 Å². The van der Waals surface area contributed by atoms with Gasteiger partial charge in [-0.3, -0.25) is 0 Å². The molecule has 1 N–H and O–H groups in total. The smallest absolute Gasteiger partial charge is 0.109 e. The third kappa shape index (κ3) is 3.31. The minimum absolute atomic E-state index is 0.198. The first-order valence-electron chi connectivity index (χ1n) is 6.54. The summed E-state index contributed by atoms with van der Waals surface area (Å²) >= 11 is 0. The van der Waals surface area contributed by atoms with Crippen molar-refractivity contribution in [3.63, 3.8) is 0 Å². The highest BCUT2D eigenvalue weighted by molar-refractivity contribution is 6.76. The molecule has 0 saturated heterocycles. The molecule has 2 rings (SSSR count). The minimum Gasteiger partial charge on any atom is -0.385 e. The third-order valence-corrected chi connectivity index (χ3v) is 4.96. The second-order valence-corrected chi connectivity index (χ2v) is 11.7. The Kier molecular flexibility index (Phi) is 4.05. The maximum absolute atomic E-state index is 10.3. The van der Waals surface area contributed by atoms with E-state index in [-0.39, 0.29) is 6.10 Å². The molecule has 0 saturated carbocycles. The minimum atomic E-state index is -1.07. The van der Waals surface area contributed by atoms with Crippen LogP contribution in [0.4, 0.5) is 0 Å². The van der Waals surface area contributed by atoms with Gasteiger partial charge < -0.3 is 9.84 Å². The van der Waals surface area contributed by atoms with Crippen molar-refractivity contribution in [2.24, 2.45) is 0 Å². The van der Waals surface area contributed by atoms with Crippen LogP contribution < -0.4 is 0 Å². The number of hydrogen-bond donors (Lipinski definition) is 1. The summed E-state index contributed by atoms with van der Waals surface area (Å²) in [5.74, 6) is 0. The van der Waals surface area contributed by atoms with Crippen LogP contribution in [0.3, 0.4) is 0 Å². The van der Waals surface area contributed by atoms with E-state index < -0.39 is 14.2 Å². The van der Waals surface area contributed by atoms with E-state index in [1.165, 1.54) is 0 Å². The predicted octanol–water partition coefficient (Wildman–Crippen LogP) is 3.47. The molecule has 0 fully saturated rings. The summed E-state index contributed by atoms with van der Waals surface area (Å²) in [4.78, 5) is 0. The molecular weight excluding hydrogens is 240 g/mol. The highest BCUT2D eigenvalue weighted by atomic mass is 28.3. The third-order valence-electron chi connectivity index (χ3n) is 3.25. The summed E-state index contributed by atoms with van der Waals surface area (Å²) < 4.78 is 5.83. The van der Waals surface area contributed by atoms with Gasteiger partial charge in [0.25, 0.3) is 0 Å². The molecule has 0 radical (unpaired) electrons. The van der Waals surface area contributed by atoms with Crippen molar-refractivity contribution in [2.75, 3.05) is 6.61 Å². The zero-order valence-corrected chi connectivity index (χ0v) is 12.4. The van der Waals surface area contributed by atoms with Crippen molar-refractivity contribution in [1.82, 2.24) is 0 Å². The first kappa shape index (κ1) is 13.5. The number of aliphatic hydroxyl groups is 1. The molecule has 1 aliphatic rings. The van der Waals surface area contributed by atoms with Crippen molar-refractivity contribution in [2.45, 2.75) is 37.9 Å². The zero-order chi connectivity index (χ0) is 13.2. The van der Waals surface area contributed by atoms with Crippen molar-refractivity contribution < 1.29 is 9.84 Å². The molecule has 2 nitrogen and oxygen atoms in total. The Labute approximate surface area is 110 Å². The molecule has 0 aliphatic heterocycles. The van der Waals surface area contributed by atoms with Crippen LogP contribution in [-0.2, 0) is 4.74 Å². The molecule has 0 heterocycles. The summed E-state index contributed by atoms with van der Waals surface area (Å²) in [6.45, 7) is 7.74. The largest absolute Gasteiger partial charge is 0.385 e. The van der Waals surface area contributed by atoms with Gasteiger partial charge in [-0.25, -0.2) is 0 Å². The Morgan fingerprint density at radius 1 is 1.22 bits per heavy atom. The lowest BCUT2D eigenvalue weighted by atomic mass is 9.93. The standard InChI is InChI=1S/C15H22O2Si/c1-18(2,3)11-10-17-14-9-8-12-6-4-5-7-13(12)15(14)16/h4-9,14-16H,10-11H2,1-3H3/t14-,15?/m0/s1. The van der Waals surface area contributed by atoms with Crippen LogP contribution >= 0.6 is 0 Å². The normalized spacial score (nSPS) is 22.9. The molecular formula is C15H22O2Si. The molecule has 0 aromatic heterocycles. The number of benzene rings is 1. The molecule has 98 valence electrons. The number of hydrogen-bond acceptors (Lipinski definition) is 2. The Bertz CT molecular complexity index is 434. The van der Waals surface area contributed by atoms with E-state index in [1.54, 1.807) is 0 Å².